The lowest BCUT2D eigenvalue weighted by Crippen LogP contribution is -2.40. The molecule has 0 saturated heterocycles. The largest absolute Gasteiger partial charge is 0.480 e. The van der Waals surface area contributed by atoms with E-state index in [-0.39, 0.29) is 6.04 Å². The van der Waals surface area contributed by atoms with Gasteiger partial charge in [-0.1, -0.05) is 18.2 Å². The van der Waals surface area contributed by atoms with Gasteiger partial charge >= 0.3 is 5.97 Å². The van der Waals surface area contributed by atoms with Gasteiger partial charge in [-0.05, 0) is 38.2 Å². The van der Waals surface area contributed by atoms with Crippen LogP contribution in [0.4, 0.5) is 0 Å². The monoisotopic (exact) mass is 253 g/mol. The van der Waals surface area contributed by atoms with Gasteiger partial charge in [0, 0.05) is 10.9 Å². The highest BCUT2D eigenvalue weighted by Gasteiger charge is 2.14. The number of nitrogens with one attached hydrogen (secondary N) is 1. The van der Waals surface area contributed by atoms with E-state index in [0.29, 0.717) is 0 Å². The Labute approximate surface area is 107 Å². The Kier molecular flexibility index (Phi) is 5.51. The molecule has 0 bridgehead atoms. The molecule has 94 valence electrons. The fraction of sp³-hybridized carbons (Fsp3) is 0.462. The fourth-order valence-corrected chi connectivity index (χ4v) is 2.39. The first-order valence-electron chi connectivity index (χ1n) is 5.65. The number of carboxylic acid groups (broad SMARTS) is 1. The first kappa shape index (κ1) is 14.1. The van der Waals surface area contributed by atoms with Crippen molar-refractivity contribution in [2.75, 3.05) is 6.26 Å². The predicted molar refractivity (Wildman–Crippen MR) is 71.6 cm³/mol. The predicted octanol–water partition coefficient (Wildman–Crippen LogP) is 2.40. The van der Waals surface area contributed by atoms with Gasteiger partial charge in [-0.15, -0.1) is 11.8 Å². The minimum atomic E-state index is -0.810. The van der Waals surface area contributed by atoms with Crippen molar-refractivity contribution in [1.29, 1.82) is 0 Å². The van der Waals surface area contributed by atoms with Crippen molar-refractivity contribution in [2.45, 2.75) is 37.2 Å². The third-order valence-corrected chi connectivity index (χ3v) is 3.46. The SMILES string of the molecule is CSc1ccccc1CC(C)NC(C)C(=O)O. The van der Waals surface area contributed by atoms with Crippen LogP contribution < -0.4 is 5.32 Å². The molecule has 2 atom stereocenters. The number of rotatable bonds is 6. The van der Waals surface area contributed by atoms with Gasteiger partial charge in [0.05, 0.1) is 0 Å². The van der Waals surface area contributed by atoms with Gasteiger partial charge in [-0.25, -0.2) is 0 Å². The molecule has 1 aromatic rings. The smallest absolute Gasteiger partial charge is 0.320 e. The molecule has 2 unspecified atom stereocenters. The summed E-state index contributed by atoms with van der Waals surface area (Å²) in [7, 11) is 0. The summed E-state index contributed by atoms with van der Waals surface area (Å²) in [5.41, 5.74) is 1.26. The molecule has 1 rings (SSSR count). The van der Waals surface area contributed by atoms with E-state index < -0.39 is 12.0 Å². The summed E-state index contributed by atoms with van der Waals surface area (Å²) < 4.78 is 0. The fourth-order valence-electron chi connectivity index (χ4n) is 1.76. The second kappa shape index (κ2) is 6.67. The maximum absolute atomic E-state index is 10.7. The molecule has 0 aromatic heterocycles. The molecule has 2 N–H and O–H groups in total. The van der Waals surface area contributed by atoms with E-state index in [2.05, 4.69) is 23.7 Å². The molecule has 4 heteroatoms. The summed E-state index contributed by atoms with van der Waals surface area (Å²) in [6.45, 7) is 3.68. The average Bonchev–Trinajstić information content (AvgIpc) is 2.29. The van der Waals surface area contributed by atoms with Gasteiger partial charge in [0.2, 0.25) is 0 Å². The molecule has 0 aliphatic rings. The van der Waals surface area contributed by atoms with E-state index >= 15 is 0 Å². The first-order chi connectivity index (χ1) is 8.04. The Morgan fingerprint density at radius 3 is 2.65 bits per heavy atom. The number of aliphatic carboxylic acids is 1. The van der Waals surface area contributed by atoms with Crippen LogP contribution in [0.2, 0.25) is 0 Å². The molecule has 0 heterocycles. The summed E-state index contributed by atoms with van der Waals surface area (Å²) >= 11 is 1.72. The molecule has 0 fully saturated rings. The lowest BCUT2D eigenvalue weighted by molar-refractivity contribution is -0.139. The number of thioether (sulfide) groups is 1. The van der Waals surface area contributed by atoms with Crippen LogP contribution in [0.3, 0.4) is 0 Å². The van der Waals surface area contributed by atoms with Crippen LogP contribution >= 0.6 is 11.8 Å². The molecular weight excluding hydrogens is 234 g/mol. The average molecular weight is 253 g/mol. The first-order valence-corrected chi connectivity index (χ1v) is 6.87. The second-order valence-corrected chi connectivity index (χ2v) is 4.99. The molecule has 0 aliphatic carbocycles. The third kappa shape index (κ3) is 4.40. The van der Waals surface area contributed by atoms with Crippen LogP contribution in [0.25, 0.3) is 0 Å². The Balaban J connectivity index is 2.61. The summed E-state index contributed by atoms with van der Waals surface area (Å²) in [4.78, 5) is 12.0. The topological polar surface area (TPSA) is 49.3 Å². The van der Waals surface area contributed by atoms with Gasteiger partial charge in [0.15, 0.2) is 0 Å². The lowest BCUT2D eigenvalue weighted by Gasteiger charge is -2.18. The standard InChI is InChI=1S/C13H19NO2S/c1-9(14-10(2)13(15)16)8-11-6-4-5-7-12(11)17-3/h4-7,9-10,14H,8H2,1-3H3,(H,15,16). The maximum atomic E-state index is 10.7. The minimum Gasteiger partial charge on any atom is -0.480 e. The normalized spacial score (nSPS) is 14.3. The zero-order valence-electron chi connectivity index (χ0n) is 10.4. The minimum absolute atomic E-state index is 0.148. The van der Waals surface area contributed by atoms with Crippen LogP contribution in [0, 0.1) is 0 Å². The second-order valence-electron chi connectivity index (χ2n) is 4.14. The third-order valence-electron chi connectivity index (χ3n) is 2.62. The van der Waals surface area contributed by atoms with E-state index in [1.54, 1.807) is 18.7 Å². The number of carbonyl (C=O) groups is 1. The van der Waals surface area contributed by atoms with E-state index in [4.69, 9.17) is 5.11 Å². The van der Waals surface area contributed by atoms with Crippen molar-refractivity contribution in [1.82, 2.24) is 5.32 Å². The number of carboxylic acids is 1. The number of hydrogen-bond donors (Lipinski definition) is 2. The molecule has 0 aliphatic heterocycles. The van der Waals surface area contributed by atoms with Crippen LogP contribution in [0.1, 0.15) is 19.4 Å². The Hall–Kier alpha value is -1.00. The molecule has 17 heavy (non-hydrogen) atoms. The van der Waals surface area contributed by atoms with Crippen molar-refractivity contribution in [3.63, 3.8) is 0 Å². The Morgan fingerprint density at radius 1 is 1.41 bits per heavy atom. The zero-order valence-corrected chi connectivity index (χ0v) is 11.3. The van der Waals surface area contributed by atoms with Crippen molar-refractivity contribution >= 4 is 17.7 Å². The van der Waals surface area contributed by atoms with Crippen molar-refractivity contribution < 1.29 is 9.90 Å². The summed E-state index contributed by atoms with van der Waals surface area (Å²) in [6.07, 6.45) is 2.89. The van der Waals surface area contributed by atoms with Crippen molar-refractivity contribution in [2.24, 2.45) is 0 Å². The maximum Gasteiger partial charge on any atom is 0.320 e. The molecule has 0 saturated carbocycles. The summed E-state index contributed by atoms with van der Waals surface area (Å²) in [5, 5.41) is 11.9. The number of benzene rings is 1. The van der Waals surface area contributed by atoms with E-state index in [9.17, 15) is 4.79 Å². The highest BCUT2D eigenvalue weighted by Crippen LogP contribution is 2.21. The van der Waals surface area contributed by atoms with Crippen LogP contribution in [-0.4, -0.2) is 29.4 Å². The quantitative estimate of drug-likeness (QED) is 0.764. The molecule has 1 aromatic carbocycles. The Morgan fingerprint density at radius 2 is 2.06 bits per heavy atom. The van der Waals surface area contributed by atoms with Crippen LogP contribution in [-0.2, 0) is 11.2 Å². The summed E-state index contributed by atoms with van der Waals surface area (Å²) in [5.74, 6) is -0.810. The van der Waals surface area contributed by atoms with Gasteiger partial charge in [-0.3, -0.25) is 4.79 Å². The van der Waals surface area contributed by atoms with Crippen LogP contribution in [0.5, 0.6) is 0 Å². The van der Waals surface area contributed by atoms with Crippen molar-refractivity contribution in [3.05, 3.63) is 29.8 Å². The van der Waals surface area contributed by atoms with Gasteiger partial charge in [-0.2, -0.15) is 0 Å². The van der Waals surface area contributed by atoms with Gasteiger partial charge < -0.3 is 10.4 Å². The Bertz CT molecular complexity index is 381. The molecule has 0 amide bonds. The summed E-state index contributed by atoms with van der Waals surface area (Å²) in [6, 6.07) is 7.86. The zero-order chi connectivity index (χ0) is 12.8. The highest BCUT2D eigenvalue weighted by molar-refractivity contribution is 7.98. The van der Waals surface area contributed by atoms with Gasteiger partial charge in [0.25, 0.3) is 0 Å². The van der Waals surface area contributed by atoms with Crippen LogP contribution in [0.15, 0.2) is 29.2 Å². The van der Waals surface area contributed by atoms with E-state index in [1.807, 2.05) is 19.1 Å². The molecular formula is C13H19NO2S. The van der Waals surface area contributed by atoms with Crippen molar-refractivity contribution in [3.8, 4) is 0 Å². The molecule has 3 nitrogen and oxygen atoms in total. The molecule has 0 spiro atoms. The lowest BCUT2D eigenvalue weighted by atomic mass is 10.1. The van der Waals surface area contributed by atoms with E-state index in [0.717, 1.165) is 6.42 Å². The number of hydrogen-bond acceptors (Lipinski definition) is 3. The van der Waals surface area contributed by atoms with E-state index in [1.165, 1.54) is 10.5 Å². The highest BCUT2D eigenvalue weighted by atomic mass is 32.2. The van der Waals surface area contributed by atoms with Gasteiger partial charge in [0.1, 0.15) is 6.04 Å². The molecule has 0 radical (unpaired) electrons.